The highest BCUT2D eigenvalue weighted by atomic mass is 32.1. The van der Waals surface area contributed by atoms with Crippen LogP contribution in [-0.2, 0) is 17.6 Å². The van der Waals surface area contributed by atoms with Gasteiger partial charge in [0.2, 0.25) is 11.0 Å². The molecule has 2 heterocycles. The Hall–Kier alpha value is -2.21. The van der Waals surface area contributed by atoms with Crippen molar-refractivity contribution in [3.05, 3.63) is 41.0 Å². The molecule has 6 heteroatoms. The van der Waals surface area contributed by atoms with E-state index < -0.39 is 0 Å². The first-order valence-electron chi connectivity index (χ1n) is 7.43. The first-order valence-corrected chi connectivity index (χ1v) is 8.25. The van der Waals surface area contributed by atoms with Crippen molar-refractivity contribution in [1.82, 2.24) is 15.2 Å². The minimum atomic E-state index is -0.0667. The summed E-state index contributed by atoms with van der Waals surface area (Å²) in [6.45, 7) is 2.14. The van der Waals surface area contributed by atoms with E-state index in [0.717, 1.165) is 40.7 Å². The van der Waals surface area contributed by atoms with Crippen molar-refractivity contribution in [2.75, 3.05) is 5.32 Å². The molecule has 114 valence electrons. The van der Waals surface area contributed by atoms with Crippen LogP contribution in [-0.4, -0.2) is 21.1 Å². The van der Waals surface area contributed by atoms with E-state index in [1.807, 2.05) is 30.5 Å². The molecule has 0 aliphatic rings. The third-order valence-corrected chi connectivity index (χ3v) is 4.38. The fourth-order valence-corrected chi connectivity index (χ4v) is 3.15. The average Bonchev–Trinajstić information content (AvgIpc) is 3.13. The Morgan fingerprint density at radius 2 is 2.18 bits per heavy atom. The standard InChI is InChI=1S/C16H18N4OS/c1-2-3-8-15-19-20-16(22-15)18-14(21)9-11-10-17-13-7-5-4-6-12(11)13/h4-7,10,17H,2-3,8-9H2,1H3,(H,18,20,21). The summed E-state index contributed by atoms with van der Waals surface area (Å²) in [6.07, 6.45) is 5.36. The third kappa shape index (κ3) is 3.33. The van der Waals surface area contributed by atoms with Gasteiger partial charge in [-0.1, -0.05) is 42.9 Å². The molecule has 0 bridgehead atoms. The topological polar surface area (TPSA) is 70.7 Å². The molecule has 22 heavy (non-hydrogen) atoms. The number of H-pyrrole nitrogens is 1. The van der Waals surface area contributed by atoms with Gasteiger partial charge in [-0.15, -0.1) is 10.2 Å². The summed E-state index contributed by atoms with van der Waals surface area (Å²) in [5.74, 6) is -0.0667. The smallest absolute Gasteiger partial charge is 0.230 e. The van der Waals surface area contributed by atoms with Gasteiger partial charge in [0.25, 0.3) is 0 Å². The fraction of sp³-hybridized carbons (Fsp3) is 0.312. The van der Waals surface area contributed by atoms with Crippen LogP contribution < -0.4 is 5.32 Å². The maximum absolute atomic E-state index is 12.2. The van der Waals surface area contributed by atoms with Gasteiger partial charge in [-0.3, -0.25) is 4.79 Å². The summed E-state index contributed by atoms with van der Waals surface area (Å²) >= 11 is 1.46. The number of benzene rings is 1. The number of rotatable bonds is 6. The number of aryl methyl sites for hydroxylation is 1. The van der Waals surface area contributed by atoms with Crippen LogP contribution in [0.5, 0.6) is 0 Å². The third-order valence-electron chi connectivity index (χ3n) is 3.48. The van der Waals surface area contributed by atoms with Crippen molar-refractivity contribution in [1.29, 1.82) is 0 Å². The second-order valence-corrected chi connectivity index (χ2v) is 6.25. The summed E-state index contributed by atoms with van der Waals surface area (Å²) < 4.78 is 0. The van der Waals surface area contributed by atoms with E-state index in [-0.39, 0.29) is 5.91 Å². The molecule has 1 aromatic carbocycles. The van der Waals surface area contributed by atoms with E-state index >= 15 is 0 Å². The number of carbonyl (C=O) groups excluding carboxylic acids is 1. The van der Waals surface area contributed by atoms with Crippen LogP contribution >= 0.6 is 11.3 Å². The van der Waals surface area contributed by atoms with Crippen molar-refractivity contribution in [3.63, 3.8) is 0 Å². The second kappa shape index (κ2) is 6.70. The summed E-state index contributed by atoms with van der Waals surface area (Å²) in [7, 11) is 0. The molecule has 2 aromatic heterocycles. The molecule has 0 spiro atoms. The fourth-order valence-electron chi connectivity index (χ4n) is 2.35. The van der Waals surface area contributed by atoms with Gasteiger partial charge in [-0.05, 0) is 18.1 Å². The van der Waals surface area contributed by atoms with Crippen LogP contribution in [0.4, 0.5) is 5.13 Å². The van der Waals surface area contributed by atoms with Crippen LogP contribution in [0.15, 0.2) is 30.5 Å². The Labute approximate surface area is 132 Å². The van der Waals surface area contributed by atoms with Gasteiger partial charge in [0.1, 0.15) is 5.01 Å². The highest BCUT2D eigenvalue weighted by molar-refractivity contribution is 7.15. The summed E-state index contributed by atoms with van der Waals surface area (Å²) in [6, 6.07) is 7.97. The molecule has 0 unspecified atom stereocenters. The molecular weight excluding hydrogens is 296 g/mol. The number of unbranched alkanes of at least 4 members (excludes halogenated alkanes) is 1. The number of amides is 1. The first kappa shape index (κ1) is 14.7. The van der Waals surface area contributed by atoms with Crippen molar-refractivity contribution in [2.45, 2.75) is 32.6 Å². The van der Waals surface area contributed by atoms with Crippen molar-refractivity contribution < 1.29 is 4.79 Å². The predicted octanol–water partition coefficient (Wildman–Crippen LogP) is 3.54. The second-order valence-electron chi connectivity index (χ2n) is 5.19. The number of nitrogens with zero attached hydrogens (tertiary/aromatic N) is 2. The highest BCUT2D eigenvalue weighted by Crippen LogP contribution is 2.20. The SMILES string of the molecule is CCCCc1nnc(NC(=O)Cc2c[nH]c3ccccc23)s1. The zero-order valence-corrected chi connectivity index (χ0v) is 13.2. The zero-order valence-electron chi connectivity index (χ0n) is 12.4. The lowest BCUT2D eigenvalue weighted by Gasteiger charge is -2.00. The van der Waals surface area contributed by atoms with Crippen LogP contribution in [0.3, 0.4) is 0 Å². The average molecular weight is 314 g/mol. The Morgan fingerprint density at radius 1 is 1.32 bits per heavy atom. The summed E-state index contributed by atoms with van der Waals surface area (Å²) in [4.78, 5) is 15.3. The van der Waals surface area contributed by atoms with E-state index in [2.05, 4.69) is 27.4 Å². The number of carbonyl (C=O) groups is 1. The number of aromatic amines is 1. The van der Waals surface area contributed by atoms with Gasteiger partial charge >= 0.3 is 0 Å². The Kier molecular flexibility index (Phi) is 4.48. The predicted molar refractivity (Wildman–Crippen MR) is 89.2 cm³/mol. The first-order chi connectivity index (χ1) is 10.8. The van der Waals surface area contributed by atoms with Crippen molar-refractivity contribution in [3.8, 4) is 0 Å². The molecule has 3 aromatic rings. The Balaban J connectivity index is 1.64. The number of hydrogen-bond donors (Lipinski definition) is 2. The molecule has 0 saturated carbocycles. The minimum absolute atomic E-state index is 0.0667. The lowest BCUT2D eigenvalue weighted by Crippen LogP contribution is -2.14. The lowest BCUT2D eigenvalue weighted by atomic mass is 10.1. The van der Waals surface area contributed by atoms with E-state index in [9.17, 15) is 4.79 Å². The van der Waals surface area contributed by atoms with E-state index in [4.69, 9.17) is 0 Å². The lowest BCUT2D eigenvalue weighted by molar-refractivity contribution is -0.115. The molecular formula is C16H18N4OS. The van der Waals surface area contributed by atoms with Crippen LogP contribution in [0, 0.1) is 0 Å². The molecule has 2 N–H and O–H groups in total. The monoisotopic (exact) mass is 314 g/mol. The zero-order chi connectivity index (χ0) is 15.4. The Bertz CT molecular complexity index is 777. The van der Waals surface area contributed by atoms with E-state index in [1.54, 1.807) is 0 Å². The number of nitrogens with one attached hydrogen (secondary N) is 2. The van der Waals surface area contributed by atoms with Crippen molar-refractivity contribution >= 4 is 33.3 Å². The molecule has 0 fully saturated rings. The molecule has 0 atom stereocenters. The maximum atomic E-state index is 12.2. The number of para-hydroxylation sites is 1. The van der Waals surface area contributed by atoms with Crippen LogP contribution in [0.2, 0.25) is 0 Å². The molecule has 0 aliphatic carbocycles. The van der Waals surface area contributed by atoms with Gasteiger partial charge in [0.05, 0.1) is 6.42 Å². The van der Waals surface area contributed by atoms with E-state index in [1.165, 1.54) is 11.3 Å². The van der Waals surface area contributed by atoms with Gasteiger partial charge < -0.3 is 10.3 Å². The highest BCUT2D eigenvalue weighted by Gasteiger charge is 2.11. The Morgan fingerprint density at radius 3 is 3.05 bits per heavy atom. The number of anilines is 1. The molecule has 3 rings (SSSR count). The van der Waals surface area contributed by atoms with Gasteiger partial charge in [-0.25, -0.2) is 0 Å². The largest absolute Gasteiger partial charge is 0.361 e. The molecule has 0 aliphatic heterocycles. The van der Waals surface area contributed by atoms with Crippen LogP contribution in [0.1, 0.15) is 30.3 Å². The molecule has 1 amide bonds. The molecule has 0 saturated heterocycles. The number of aromatic nitrogens is 3. The van der Waals surface area contributed by atoms with Gasteiger partial charge in [0.15, 0.2) is 0 Å². The molecule has 5 nitrogen and oxygen atoms in total. The van der Waals surface area contributed by atoms with Gasteiger partial charge in [-0.2, -0.15) is 0 Å². The summed E-state index contributed by atoms with van der Waals surface area (Å²) in [5.41, 5.74) is 2.03. The number of hydrogen-bond acceptors (Lipinski definition) is 4. The quantitative estimate of drug-likeness (QED) is 0.731. The van der Waals surface area contributed by atoms with Crippen LogP contribution in [0.25, 0.3) is 10.9 Å². The minimum Gasteiger partial charge on any atom is -0.361 e. The molecule has 0 radical (unpaired) electrons. The van der Waals surface area contributed by atoms with Crippen molar-refractivity contribution in [2.24, 2.45) is 0 Å². The maximum Gasteiger partial charge on any atom is 0.230 e. The van der Waals surface area contributed by atoms with E-state index in [0.29, 0.717) is 11.6 Å². The summed E-state index contributed by atoms with van der Waals surface area (Å²) in [5, 5.41) is 13.6. The number of fused-ring (bicyclic) bond motifs is 1. The van der Waals surface area contributed by atoms with Gasteiger partial charge in [0, 0.05) is 23.5 Å². The normalized spacial score (nSPS) is 11.0.